The van der Waals surface area contributed by atoms with Crippen LogP contribution in [0.5, 0.6) is 5.75 Å². The predicted molar refractivity (Wildman–Crippen MR) is 48.8 cm³/mol. The van der Waals surface area contributed by atoms with Crippen molar-refractivity contribution in [2.45, 2.75) is 6.18 Å². The third kappa shape index (κ3) is 3.36. The fourth-order valence-electron chi connectivity index (χ4n) is 0.941. The SMILES string of the molecule is O=S([O-])NNc1ccc(O)c(C(F)(F)F)c1. The molecule has 0 radical (unpaired) electrons. The average Bonchev–Trinajstić information content (AvgIpc) is 2.14. The zero-order valence-corrected chi connectivity index (χ0v) is 8.35. The second-order valence-electron chi connectivity index (χ2n) is 2.69. The number of alkyl halides is 3. The van der Waals surface area contributed by atoms with Gasteiger partial charge in [-0.2, -0.15) is 18.0 Å². The number of hydrogen-bond acceptors (Lipinski definition) is 4. The van der Waals surface area contributed by atoms with Crippen molar-refractivity contribution in [3.63, 3.8) is 0 Å². The minimum Gasteiger partial charge on any atom is -0.759 e. The highest BCUT2D eigenvalue weighted by Gasteiger charge is 2.34. The van der Waals surface area contributed by atoms with Crippen LogP contribution in [0.2, 0.25) is 0 Å². The molecule has 0 heterocycles. The normalized spacial score (nSPS) is 13.5. The Hall–Kier alpha value is -1.32. The predicted octanol–water partition coefficient (Wildman–Crippen LogP) is 1.12. The smallest absolute Gasteiger partial charge is 0.420 e. The molecule has 9 heteroatoms. The zero-order chi connectivity index (χ0) is 12.3. The molecule has 3 N–H and O–H groups in total. The van der Waals surface area contributed by atoms with Crippen LogP contribution < -0.4 is 10.3 Å². The summed E-state index contributed by atoms with van der Waals surface area (Å²) in [6, 6.07) is 2.47. The summed E-state index contributed by atoms with van der Waals surface area (Å²) < 4.78 is 57.0. The van der Waals surface area contributed by atoms with Crippen LogP contribution in [0.3, 0.4) is 0 Å². The summed E-state index contributed by atoms with van der Waals surface area (Å²) in [5.41, 5.74) is 0.612. The lowest BCUT2D eigenvalue weighted by molar-refractivity contribution is -0.138. The van der Waals surface area contributed by atoms with E-state index < -0.39 is 28.8 Å². The molecule has 0 saturated heterocycles. The molecule has 0 bridgehead atoms. The largest absolute Gasteiger partial charge is 0.759 e. The summed E-state index contributed by atoms with van der Waals surface area (Å²) in [5, 5.41) is 8.96. The first kappa shape index (κ1) is 12.7. The third-order valence-corrected chi connectivity index (χ3v) is 1.85. The van der Waals surface area contributed by atoms with Crippen LogP contribution in [0.15, 0.2) is 18.2 Å². The van der Waals surface area contributed by atoms with E-state index in [1.807, 2.05) is 5.43 Å². The monoisotopic (exact) mass is 255 g/mol. The fraction of sp³-hybridized carbons (Fsp3) is 0.143. The van der Waals surface area contributed by atoms with Gasteiger partial charge in [0, 0.05) is 11.3 Å². The number of hydrogen-bond donors (Lipinski definition) is 3. The first-order chi connectivity index (χ1) is 7.30. The van der Waals surface area contributed by atoms with Crippen LogP contribution >= 0.6 is 0 Å². The molecule has 1 aromatic carbocycles. The maximum Gasteiger partial charge on any atom is 0.420 e. The van der Waals surface area contributed by atoms with Crippen LogP contribution in [-0.4, -0.2) is 13.9 Å². The molecule has 16 heavy (non-hydrogen) atoms. The van der Waals surface area contributed by atoms with E-state index in [0.717, 1.165) is 12.1 Å². The van der Waals surface area contributed by atoms with Crippen molar-refractivity contribution >= 4 is 17.0 Å². The number of phenols is 1. The molecule has 0 spiro atoms. The molecule has 1 rings (SSSR count). The molecule has 1 aromatic rings. The molecule has 0 aliphatic heterocycles. The van der Waals surface area contributed by atoms with Gasteiger partial charge >= 0.3 is 6.18 Å². The molecular formula is C7H6F3N2O3S-. The summed E-state index contributed by atoms with van der Waals surface area (Å²) in [6.45, 7) is 0. The number of anilines is 1. The summed E-state index contributed by atoms with van der Waals surface area (Å²) in [5.74, 6) is -0.929. The third-order valence-electron chi connectivity index (χ3n) is 1.58. The Bertz CT molecular complexity index is 410. The van der Waals surface area contributed by atoms with Crippen molar-refractivity contribution in [3.8, 4) is 5.75 Å². The fourth-order valence-corrected chi connectivity index (χ4v) is 1.14. The number of halogens is 3. The first-order valence-electron chi connectivity index (χ1n) is 3.82. The van der Waals surface area contributed by atoms with Crippen molar-refractivity contribution in [2.75, 3.05) is 5.43 Å². The molecule has 0 fully saturated rings. The van der Waals surface area contributed by atoms with Gasteiger partial charge in [-0.05, 0) is 18.2 Å². The quantitative estimate of drug-likeness (QED) is 0.429. The van der Waals surface area contributed by atoms with E-state index in [2.05, 4.69) is 0 Å². The minimum atomic E-state index is -4.71. The first-order valence-corrected chi connectivity index (χ1v) is 4.89. The van der Waals surface area contributed by atoms with Crippen LogP contribution in [-0.2, 0) is 17.4 Å². The molecule has 1 atom stereocenters. The summed E-state index contributed by atoms with van der Waals surface area (Å²) in [7, 11) is 0. The van der Waals surface area contributed by atoms with Crippen molar-refractivity contribution in [2.24, 2.45) is 0 Å². The Morgan fingerprint density at radius 1 is 1.38 bits per heavy atom. The number of nitrogens with one attached hydrogen (secondary N) is 2. The second kappa shape index (κ2) is 4.68. The topological polar surface area (TPSA) is 84.4 Å². The standard InChI is InChI=1S/C7H7F3N2O3S/c8-7(9,10)5-3-4(1-2-6(5)13)11-12-16(14)15/h1-3,11-13H,(H,14,15)/p-1. The van der Waals surface area contributed by atoms with Gasteiger partial charge < -0.3 is 15.1 Å². The lowest BCUT2D eigenvalue weighted by Gasteiger charge is -2.13. The van der Waals surface area contributed by atoms with Gasteiger partial charge in [-0.3, -0.25) is 4.21 Å². The summed E-state index contributed by atoms with van der Waals surface area (Å²) >= 11 is -2.65. The zero-order valence-electron chi connectivity index (χ0n) is 7.54. The van der Waals surface area contributed by atoms with E-state index in [9.17, 15) is 21.9 Å². The van der Waals surface area contributed by atoms with Crippen LogP contribution in [0.25, 0.3) is 0 Å². The van der Waals surface area contributed by atoms with Crippen molar-refractivity contribution < 1.29 is 27.0 Å². The number of hydrazine groups is 1. The summed E-state index contributed by atoms with van der Waals surface area (Å²) in [4.78, 5) is 1.68. The molecule has 0 aliphatic rings. The molecule has 0 aromatic heterocycles. The highest BCUT2D eigenvalue weighted by atomic mass is 32.2. The number of phenolic OH excluding ortho intramolecular Hbond substituents is 1. The van der Waals surface area contributed by atoms with Gasteiger partial charge in [0.2, 0.25) is 0 Å². The van der Waals surface area contributed by atoms with Crippen molar-refractivity contribution in [3.05, 3.63) is 23.8 Å². The van der Waals surface area contributed by atoms with Gasteiger partial charge in [-0.25, -0.2) is 0 Å². The van der Waals surface area contributed by atoms with E-state index >= 15 is 0 Å². The maximum absolute atomic E-state index is 12.3. The highest BCUT2D eigenvalue weighted by Crippen LogP contribution is 2.36. The second-order valence-corrected chi connectivity index (χ2v) is 3.36. The van der Waals surface area contributed by atoms with E-state index in [1.165, 1.54) is 0 Å². The van der Waals surface area contributed by atoms with Crippen molar-refractivity contribution in [1.82, 2.24) is 4.83 Å². The Labute approximate surface area is 90.7 Å². The van der Waals surface area contributed by atoms with Gasteiger partial charge in [0.1, 0.15) is 5.75 Å². The number of aromatic hydroxyl groups is 1. The molecule has 0 amide bonds. The van der Waals surface area contributed by atoms with Gasteiger partial charge in [0.05, 0.1) is 11.3 Å². The minimum absolute atomic E-state index is 0.144. The lowest BCUT2D eigenvalue weighted by atomic mass is 10.2. The van der Waals surface area contributed by atoms with Crippen LogP contribution in [0.1, 0.15) is 5.56 Å². The van der Waals surface area contributed by atoms with Gasteiger partial charge in [-0.15, -0.1) is 0 Å². The molecular weight excluding hydrogens is 249 g/mol. The Balaban J connectivity index is 2.94. The van der Waals surface area contributed by atoms with Crippen LogP contribution in [0, 0.1) is 0 Å². The molecule has 1 unspecified atom stereocenters. The van der Waals surface area contributed by atoms with E-state index in [-0.39, 0.29) is 5.69 Å². The van der Waals surface area contributed by atoms with Gasteiger partial charge in [-0.1, -0.05) is 0 Å². The Morgan fingerprint density at radius 2 is 2.00 bits per heavy atom. The molecule has 90 valence electrons. The highest BCUT2D eigenvalue weighted by molar-refractivity contribution is 7.77. The molecule has 5 nitrogen and oxygen atoms in total. The lowest BCUT2D eigenvalue weighted by Crippen LogP contribution is -2.23. The number of rotatable bonds is 3. The maximum atomic E-state index is 12.3. The Kier molecular flexibility index (Phi) is 3.73. The van der Waals surface area contributed by atoms with E-state index in [0.29, 0.717) is 6.07 Å². The average molecular weight is 255 g/mol. The number of benzene rings is 1. The Morgan fingerprint density at radius 3 is 2.50 bits per heavy atom. The van der Waals surface area contributed by atoms with E-state index in [1.54, 1.807) is 4.83 Å². The summed E-state index contributed by atoms with van der Waals surface area (Å²) in [6.07, 6.45) is -4.71. The molecule has 0 aliphatic carbocycles. The molecule has 0 saturated carbocycles. The van der Waals surface area contributed by atoms with Gasteiger partial charge in [0.25, 0.3) is 0 Å². The van der Waals surface area contributed by atoms with Crippen LogP contribution in [0.4, 0.5) is 18.9 Å². The van der Waals surface area contributed by atoms with Crippen molar-refractivity contribution in [1.29, 1.82) is 0 Å². The van der Waals surface area contributed by atoms with E-state index in [4.69, 9.17) is 5.11 Å². The van der Waals surface area contributed by atoms with Gasteiger partial charge in [0.15, 0.2) is 0 Å².